The molecule has 1 aliphatic rings. The van der Waals surface area contributed by atoms with Gasteiger partial charge in [-0.1, -0.05) is 0 Å². The van der Waals surface area contributed by atoms with Crippen LogP contribution in [0.1, 0.15) is 32.3 Å². The first-order valence-corrected chi connectivity index (χ1v) is 5.62. The second-order valence-corrected chi connectivity index (χ2v) is 5.28. The Hall–Kier alpha value is -1.42. The first-order valence-electron chi connectivity index (χ1n) is 5.62. The Bertz CT molecular complexity index is 531. The van der Waals surface area contributed by atoms with Crippen LogP contribution in [0.5, 0.6) is 0 Å². The minimum Gasteiger partial charge on any atom is -0.325 e. The van der Waals surface area contributed by atoms with Gasteiger partial charge < -0.3 is 5.73 Å². The molecule has 0 spiro atoms. The van der Waals surface area contributed by atoms with Crippen molar-refractivity contribution in [1.82, 2.24) is 14.6 Å². The standard InChI is InChI=1S/C12H16N4/c1-11(2,13)12(4-5-12)9-7-14-10-3-6-15-16(10)8-9/h3,6-8H,4-5,13H2,1-2H3. The number of fused-ring (bicyclic) bond motifs is 1. The van der Waals surface area contributed by atoms with Crippen LogP contribution in [0.25, 0.3) is 5.65 Å². The third-order valence-corrected chi connectivity index (χ3v) is 3.78. The van der Waals surface area contributed by atoms with E-state index in [0.29, 0.717) is 0 Å². The van der Waals surface area contributed by atoms with Crippen molar-refractivity contribution in [3.63, 3.8) is 0 Å². The maximum atomic E-state index is 6.27. The number of nitrogens with two attached hydrogens (primary N) is 1. The number of aromatic nitrogens is 3. The summed E-state index contributed by atoms with van der Waals surface area (Å²) in [6.45, 7) is 4.18. The molecule has 0 bridgehead atoms. The molecule has 2 N–H and O–H groups in total. The van der Waals surface area contributed by atoms with Gasteiger partial charge in [-0.15, -0.1) is 0 Å². The van der Waals surface area contributed by atoms with E-state index in [0.717, 1.165) is 18.5 Å². The molecular formula is C12H16N4. The van der Waals surface area contributed by atoms with Crippen LogP contribution >= 0.6 is 0 Å². The summed E-state index contributed by atoms with van der Waals surface area (Å²) in [7, 11) is 0. The summed E-state index contributed by atoms with van der Waals surface area (Å²) >= 11 is 0. The molecule has 0 radical (unpaired) electrons. The van der Waals surface area contributed by atoms with Gasteiger partial charge >= 0.3 is 0 Å². The van der Waals surface area contributed by atoms with E-state index >= 15 is 0 Å². The second kappa shape index (κ2) is 2.83. The highest BCUT2D eigenvalue weighted by Gasteiger charge is 2.54. The average molecular weight is 216 g/mol. The zero-order valence-electron chi connectivity index (χ0n) is 9.64. The van der Waals surface area contributed by atoms with Crippen LogP contribution in [0.2, 0.25) is 0 Å². The van der Waals surface area contributed by atoms with Crippen molar-refractivity contribution in [1.29, 1.82) is 0 Å². The molecule has 3 rings (SSSR count). The Kier molecular flexibility index (Phi) is 1.73. The van der Waals surface area contributed by atoms with Crippen molar-refractivity contribution in [2.24, 2.45) is 5.73 Å². The molecular weight excluding hydrogens is 200 g/mol. The lowest BCUT2D eigenvalue weighted by molar-refractivity contribution is 0.389. The molecule has 0 unspecified atom stereocenters. The lowest BCUT2D eigenvalue weighted by Crippen LogP contribution is -2.45. The third kappa shape index (κ3) is 1.19. The molecule has 2 aromatic heterocycles. The summed E-state index contributed by atoms with van der Waals surface area (Å²) in [6.07, 6.45) is 8.05. The molecule has 1 aliphatic carbocycles. The molecule has 0 atom stereocenters. The molecule has 0 aromatic carbocycles. The lowest BCUT2D eigenvalue weighted by atomic mass is 9.80. The SMILES string of the molecule is CC(C)(N)C1(c2cnc3ccnn3c2)CC1. The molecule has 0 aliphatic heterocycles. The number of nitrogens with zero attached hydrogens (tertiary/aromatic N) is 3. The summed E-state index contributed by atoms with van der Waals surface area (Å²) in [5.41, 5.74) is 8.26. The maximum absolute atomic E-state index is 6.27. The largest absolute Gasteiger partial charge is 0.325 e. The van der Waals surface area contributed by atoms with Gasteiger partial charge in [0.1, 0.15) is 0 Å². The van der Waals surface area contributed by atoms with Crippen molar-refractivity contribution >= 4 is 5.65 Å². The van der Waals surface area contributed by atoms with Crippen molar-refractivity contribution < 1.29 is 0 Å². The van der Waals surface area contributed by atoms with E-state index in [-0.39, 0.29) is 11.0 Å². The molecule has 16 heavy (non-hydrogen) atoms. The van der Waals surface area contributed by atoms with E-state index in [2.05, 4.69) is 30.1 Å². The lowest BCUT2D eigenvalue weighted by Gasteiger charge is -2.30. The zero-order valence-corrected chi connectivity index (χ0v) is 9.64. The van der Waals surface area contributed by atoms with Gasteiger partial charge in [0.15, 0.2) is 5.65 Å². The molecule has 1 fully saturated rings. The summed E-state index contributed by atoms with van der Waals surface area (Å²) < 4.78 is 1.82. The molecule has 1 saturated carbocycles. The van der Waals surface area contributed by atoms with Gasteiger partial charge in [0.05, 0.1) is 6.20 Å². The van der Waals surface area contributed by atoms with Gasteiger partial charge in [-0.2, -0.15) is 5.10 Å². The second-order valence-electron chi connectivity index (χ2n) is 5.28. The highest BCUT2D eigenvalue weighted by Crippen LogP contribution is 2.54. The molecule has 0 saturated heterocycles. The normalized spacial score (nSPS) is 18.9. The first-order chi connectivity index (χ1) is 7.53. The molecule has 4 heteroatoms. The highest BCUT2D eigenvalue weighted by molar-refractivity contribution is 5.40. The van der Waals surface area contributed by atoms with Crippen LogP contribution in [-0.4, -0.2) is 20.1 Å². The molecule has 2 heterocycles. The van der Waals surface area contributed by atoms with E-state index in [4.69, 9.17) is 5.73 Å². The summed E-state index contributed by atoms with van der Waals surface area (Å²) in [5.74, 6) is 0. The Balaban J connectivity index is 2.12. The summed E-state index contributed by atoms with van der Waals surface area (Å²) in [5, 5.41) is 4.22. The van der Waals surface area contributed by atoms with Crippen molar-refractivity contribution in [3.8, 4) is 0 Å². The first kappa shape index (κ1) is 9.78. The average Bonchev–Trinajstić information content (AvgIpc) is 2.91. The van der Waals surface area contributed by atoms with E-state index < -0.39 is 0 Å². The van der Waals surface area contributed by atoms with Crippen LogP contribution in [0.15, 0.2) is 24.7 Å². The summed E-state index contributed by atoms with van der Waals surface area (Å²) in [6, 6.07) is 1.90. The van der Waals surface area contributed by atoms with Crippen molar-refractivity contribution in [3.05, 3.63) is 30.2 Å². The van der Waals surface area contributed by atoms with Gasteiger partial charge in [0.2, 0.25) is 0 Å². The fourth-order valence-corrected chi connectivity index (χ4v) is 2.49. The molecule has 84 valence electrons. The van der Waals surface area contributed by atoms with Crippen LogP contribution in [-0.2, 0) is 5.41 Å². The molecule has 4 nitrogen and oxygen atoms in total. The monoisotopic (exact) mass is 216 g/mol. The van der Waals surface area contributed by atoms with E-state index in [9.17, 15) is 0 Å². The Morgan fingerprint density at radius 1 is 1.44 bits per heavy atom. The van der Waals surface area contributed by atoms with Gasteiger partial charge in [-0.05, 0) is 32.3 Å². The van der Waals surface area contributed by atoms with E-state index in [1.54, 1.807) is 6.20 Å². The maximum Gasteiger partial charge on any atom is 0.154 e. The van der Waals surface area contributed by atoms with Crippen LogP contribution < -0.4 is 5.73 Å². The number of hydrogen-bond donors (Lipinski definition) is 1. The number of rotatable bonds is 2. The van der Waals surface area contributed by atoms with Crippen LogP contribution in [0.3, 0.4) is 0 Å². The van der Waals surface area contributed by atoms with E-state index in [1.807, 2.05) is 16.8 Å². The minimum absolute atomic E-state index is 0.0974. The fraction of sp³-hybridized carbons (Fsp3) is 0.500. The topological polar surface area (TPSA) is 56.2 Å². The van der Waals surface area contributed by atoms with Crippen molar-refractivity contribution in [2.75, 3.05) is 0 Å². The third-order valence-electron chi connectivity index (χ3n) is 3.78. The quantitative estimate of drug-likeness (QED) is 0.827. The molecule has 2 aromatic rings. The van der Waals surface area contributed by atoms with Gasteiger partial charge in [-0.25, -0.2) is 9.50 Å². The predicted octanol–water partition coefficient (Wildman–Crippen LogP) is 1.50. The van der Waals surface area contributed by atoms with Gasteiger partial charge in [0.25, 0.3) is 0 Å². The van der Waals surface area contributed by atoms with E-state index in [1.165, 1.54) is 5.56 Å². The Morgan fingerprint density at radius 3 is 2.81 bits per heavy atom. The minimum atomic E-state index is -0.199. The predicted molar refractivity (Wildman–Crippen MR) is 62.2 cm³/mol. The highest BCUT2D eigenvalue weighted by atomic mass is 15.2. The number of hydrogen-bond acceptors (Lipinski definition) is 3. The molecule has 0 amide bonds. The van der Waals surface area contributed by atoms with Gasteiger partial charge in [-0.3, -0.25) is 0 Å². The smallest absolute Gasteiger partial charge is 0.154 e. The Labute approximate surface area is 94.5 Å². The van der Waals surface area contributed by atoms with Gasteiger partial charge in [0, 0.05) is 29.4 Å². The fourth-order valence-electron chi connectivity index (χ4n) is 2.49. The zero-order chi connectivity index (χ0) is 11.4. The van der Waals surface area contributed by atoms with Crippen molar-refractivity contribution in [2.45, 2.75) is 37.6 Å². The summed E-state index contributed by atoms with van der Waals surface area (Å²) in [4.78, 5) is 4.41. The van der Waals surface area contributed by atoms with Crippen LogP contribution in [0.4, 0.5) is 0 Å². The van der Waals surface area contributed by atoms with Crippen LogP contribution in [0, 0.1) is 0 Å². The Morgan fingerprint density at radius 2 is 2.19 bits per heavy atom.